The van der Waals surface area contributed by atoms with Crippen LogP contribution in [0.5, 0.6) is 0 Å². The molecule has 0 unspecified atom stereocenters. The van der Waals surface area contributed by atoms with Crippen LogP contribution in [0, 0.1) is 6.07 Å². The molecule has 0 aliphatic rings. The second-order valence-electron chi connectivity index (χ2n) is 2.91. The SMILES string of the molecule is Clc1ccc(-c2cc[c]cc2)c(Br)c1. The fraction of sp³-hybridized carbons (Fsp3) is 0. The van der Waals surface area contributed by atoms with Gasteiger partial charge in [-0.25, -0.2) is 0 Å². The molecule has 2 aromatic carbocycles. The summed E-state index contributed by atoms with van der Waals surface area (Å²) >= 11 is 9.36. The van der Waals surface area contributed by atoms with Crippen LogP contribution < -0.4 is 0 Å². The Kier molecular flexibility index (Phi) is 2.90. The Morgan fingerprint density at radius 3 is 2.43 bits per heavy atom. The quantitative estimate of drug-likeness (QED) is 0.709. The summed E-state index contributed by atoms with van der Waals surface area (Å²) < 4.78 is 1.01. The van der Waals surface area contributed by atoms with Crippen molar-refractivity contribution in [1.82, 2.24) is 0 Å². The van der Waals surface area contributed by atoms with Crippen molar-refractivity contribution in [2.45, 2.75) is 0 Å². The number of benzene rings is 2. The molecule has 2 aromatic rings. The van der Waals surface area contributed by atoms with Gasteiger partial charge in [-0.2, -0.15) is 0 Å². The fourth-order valence-electron chi connectivity index (χ4n) is 1.29. The van der Waals surface area contributed by atoms with Gasteiger partial charge in [0.05, 0.1) is 0 Å². The van der Waals surface area contributed by atoms with Gasteiger partial charge in [-0.1, -0.05) is 57.9 Å². The highest BCUT2D eigenvalue weighted by molar-refractivity contribution is 9.10. The predicted octanol–water partition coefficient (Wildman–Crippen LogP) is 4.57. The lowest BCUT2D eigenvalue weighted by atomic mass is 10.1. The zero-order valence-electron chi connectivity index (χ0n) is 7.30. The first-order valence-electron chi connectivity index (χ1n) is 4.19. The highest BCUT2D eigenvalue weighted by Gasteiger charge is 2.02. The van der Waals surface area contributed by atoms with Gasteiger partial charge in [0, 0.05) is 9.50 Å². The van der Waals surface area contributed by atoms with Gasteiger partial charge in [0.2, 0.25) is 0 Å². The number of hydrogen-bond donors (Lipinski definition) is 0. The van der Waals surface area contributed by atoms with Crippen molar-refractivity contribution in [2.24, 2.45) is 0 Å². The second kappa shape index (κ2) is 4.16. The molecule has 0 fully saturated rings. The molecule has 69 valence electrons. The molecule has 0 aromatic heterocycles. The number of hydrogen-bond acceptors (Lipinski definition) is 0. The van der Waals surface area contributed by atoms with Crippen LogP contribution in [-0.2, 0) is 0 Å². The summed E-state index contributed by atoms with van der Waals surface area (Å²) in [4.78, 5) is 0. The largest absolute Gasteiger partial charge is 0.0843 e. The molecule has 0 N–H and O–H groups in total. The molecule has 0 aliphatic carbocycles. The van der Waals surface area contributed by atoms with E-state index in [1.165, 1.54) is 0 Å². The van der Waals surface area contributed by atoms with Crippen LogP contribution in [0.3, 0.4) is 0 Å². The van der Waals surface area contributed by atoms with Crippen LogP contribution in [0.4, 0.5) is 0 Å². The molecule has 1 radical (unpaired) electrons. The van der Waals surface area contributed by atoms with Gasteiger partial charge < -0.3 is 0 Å². The van der Waals surface area contributed by atoms with E-state index in [-0.39, 0.29) is 0 Å². The van der Waals surface area contributed by atoms with Crippen molar-refractivity contribution in [3.63, 3.8) is 0 Å². The highest BCUT2D eigenvalue weighted by atomic mass is 79.9. The summed E-state index contributed by atoms with van der Waals surface area (Å²) in [5.41, 5.74) is 2.30. The van der Waals surface area contributed by atoms with E-state index in [1.807, 2.05) is 42.5 Å². The standard InChI is InChI=1S/C12H7BrCl/c13-12-8-10(14)6-7-11(12)9-4-2-1-3-5-9/h2-8H. The molecule has 0 amide bonds. The lowest BCUT2D eigenvalue weighted by molar-refractivity contribution is 1.58. The first-order valence-corrected chi connectivity index (χ1v) is 5.36. The Morgan fingerprint density at radius 1 is 1.07 bits per heavy atom. The van der Waals surface area contributed by atoms with Crippen LogP contribution in [-0.4, -0.2) is 0 Å². The highest BCUT2D eigenvalue weighted by Crippen LogP contribution is 2.30. The molecule has 14 heavy (non-hydrogen) atoms. The molecule has 0 atom stereocenters. The van der Waals surface area contributed by atoms with Gasteiger partial charge in [-0.15, -0.1) is 0 Å². The maximum atomic E-state index is 5.87. The van der Waals surface area contributed by atoms with Crippen LogP contribution in [0.1, 0.15) is 0 Å². The maximum absolute atomic E-state index is 5.87. The van der Waals surface area contributed by atoms with Crippen molar-refractivity contribution in [3.05, 3.63) is 58.0 Å². The Hall–Kier alpha value is -0.790. The van der Waals surface area contributed by atoms with Crippen molar-refractivity contribution >= 4 is 27.5 Å². The lowest BCUT2D eigenvalue weighted by Gasteiger charge is -2.04. The van der Waals surface area contributed by atoms with Crippen molar-refractivity contribution in [3.8, 4) is 11.1 Å². The lowest BCUT2D eigenvalue weighted by Crippen LogP contribution is -1.78. The Balaban J connectivity index is 2.53. The van der Waals surface area contributed by atoms with Crippen LogP contribution in [0.2, 0.25) is 5.02 Å². The summed E-state index contributed by atoms with van der Waals surface area (Å²) in [6.45, 7) is 0. The van der Waals surface area contributed by atoms with E-state index in [4.69, 9.17) is 11.6 Å². The zero-order chi connectivity index (χ0) is 9.97. The summed E-state index contributed by atoms with van der Waals surface area (Å²) in [6, 6.07) is 16.6. The van der Waals surface area contributed by atoms with E-state index in [2.05, 4.69) is 22.0 Å². The topological polar surface area (TPSA) is 0 Å². The first-order chi connectivity index (χ1) is 6.77. The Bertz CT molecular complexity index is 437. The molecular weight excluding hydrogens is 259 g/mol. The molecule has 0 bridgehead atoms. The fourth-order valence-corrected chi connectivity index (χ4v) is 2.20. The first kappa shape index (κ1) is 9.75. The third kappa shape index (κ3) is 1.99. The van der Waals surface area contributed by atoms with Gasteiger partial charge in [0.15, 0.2) is 0 Å². The van der Waals surface area contributed by atoms with Crippen LogP contribution in [0.15, 0.2) is 46.9 Å². The second-order valence-corrected chi connectivity index (χ2v) is 4.20. The molecule has 2 rings (SSSR count). The average molecular weight is 267 g/mol. The maximum Gasteiger partial charge on any atom is 0.0417 e. The van der Waals surface area contributed by atoms with E-state index < -0.39 is 0 Å². The van der Waals surface area contributed by atoms with E-state index >= 15 is 0 Å². The average Bonchev–Trinajstić information content (AvgIpc) is 2.19. The summed E-state index contributed by atoms with van der Waals surface area (Å²) in [5.74, 6) is 0. The summed E-state index contributed by atoms with van der Waals surface area (Å²) in [7, 11) is 0. The van der Waals surface area contributed by atoms with Gasteiger partial charge in [-0.3, -0.25) is 0 Å². The molecule has 2 heteroatoms. The molecule has 0 heterocycles. The molecule has 0 nitrogen and oxygen atoms in total. The number of halogens is 2. The van der Waals surface area contributed by atoms with Crippen LogP contribution in [0.25, 0.3) is 11.1 Å². The molecule has 0 saturated carbocycles. The van der Waals surface area contributed by atoms with E-state index in [1.54, 1.807) is 0 Å². The predicted molar refractivity (Wildman–Crippen MR) is 63.4 cm³/mol. The van der Waals surface area contributed by atoms with Gasteiger partial charge in [-0.05, 0) is 29.3 Å². The Labute approximate surface area is 96.7 Å². The van der Waals surface area contributed by atoms with E-state index in [9.17, 15) is 0 Å². The minimum Gasteiger partial charge on any atom is -0.0843 e. The molecule has 0 saturated heterocycles. The number of rotatable bonds is 1. The van der Waals surface area contributed by atoms with Gasteiger partial charge in [0.25, 0.3) is 0 Å². The van der Waals surface area contributed by atoms with Crippen molar-refractivity contribution in [1.29, 1.82) is 0 Å². The third-order valence-electron chi connectivity index (χ3n) is 1.96. The van der Waals surface area contributed by atoms with E-state index in [0.717, 1.165) is 20.6 Å². The van der Waals surface area contributed by atoms with Gasteiger partial charge >= 0.3 is 0 Å². The molecule has 0 aliphatic heterocycles. The zero-order valence-corrected chi connectivity index (χ0v) is 9.64. The monoisotopic (exact) mass is 265 g/mol. The molecule has 0 spiro atoms. The van der Waals surface area contributed by atoms with Crippen molar-refractivity contribution in [2.75, 3.05) is 0 Å². The van der Waals surface area contributed by atoms with E-state index in [0.29, 0.717) is 0 Å². The Morgan fingerprint density at radius 2 is 1.79 bits per heavy atom. The minimum atomic E-state index is 0.739. The third-order valence-corrected chi connectivity index (χ3v) is 2.85. The van der Waals surface area contributed by atoms with Crippen LogP contribution >= 0.6 is 27.5 Å². The summed E-state index contributed by atoms with van der Waals surface area (Å²) in [6.07, 6.45) is 0. The normalized spacial score (nSPS) is 10.1. The molecular formula is C12H7BrCl. The smallest absolute Gasteiger partial charge is 0.0417 e. The summed E-state index contributed by atoms with van der Waals surface area (Å²) in [5, 5.41) is 0.739. The minimum absolute atomic E-state index is 0.739. The van der Waals surface area contributed by atoms with Gasteiger partial charge in [0.1, 0.15) is 0 Å². The van der Waals surface area contributed by atoms with Crippen molar-refractivity contribution < 1.29 is 0 Å².